The number of likely N-dealkylation sites (tertiary alicyclic amines) is 1. The molecule has 0 spiro atoms. The standard InChI is InChI=1S/C14H20N2O.ClH/c1-11(15)14(17)16-8-7-13(10-16)9-12-5-3-2-4-6-12;/h2-6,11,13H,7-10,15H2,1H3;1H/t11-,13?;/m0./s1. The summed E-state index contributed by atoms with van der Waals surface area (Å²) in [5, 5.41) is 0. The number of nitrogens with two attached hydrogens (primary N) is 1. The van der Waals surface area contributed by atoms with E-state index in [9.17, 15) is 4.79 Å². The van der Waals surface area contributed by atoms with Crippen molar-refractivity contribution in [2.75, 3.05) is 13.1 Å². The van der Waals surface area contributed by atoms with Gasteiger partial charge in [-0.25, -0.2) is 0 Å². The van der Waals surface area contributed by atoms with E-state index in [1.807, 2.05) is 11.0 Å². The number of amides is 1. The Morgan fingerprint density at radius 2 is 2.11 bits per heavy atom. The number of carbonyl (C=O) groups excluding carboxylic acids is 1. The van der Waals surface area contributed by atoms with Gasteiger partial charge >= 0.3 is 0 Å². The number of halogens is 1. The summed E-state index contributed by atoms with van der Waals surface area (Å²) in [6.07, 6.45) is 2.15. The van der Waals surface area contributed by atoms with Crippen molar-refractivity contribution in [1.29, 1.82) is 0 Å². The third-order valence-corrected chi connectivity index (χ3v) is 3.35. The normalized spacial score (nSPS) is 20.3. The summed E-state index contributed by atoms with van der Waals surface area (Å²) < 4.78 is 0. The molecule has 0 saturated carbocycles. The second kappa shape index (κ2) is 6.76. The maximum atomic E-state index is 11.7. The molecule has 3 nitrogen and oxygen atoms in total. The van der Waals surface area contributed by atoms with Gasteiger partial charge in [0.05, 0.1) is 6.04 Å². The summed E-state index contributed by atoms with van der Waals surface area (Å²) in [6, 6.07) is 10.1. The van der Waals surface area contributed by atoms with E-state index in [0.29, 0.717) is 5.92 Å². The lowest BCUT2D eigenvalue weighted by Crippen LogP contribution is -2.40. The molecular formula is C14H21ClN2O. The Balaban J connectivity index is 0.00000162. The van der Waals surface area contributed by atoms with Gasteiger partial charge in [0.1, 0.15) is 0 Å². The van der Waals surface area contributed by atoms with Crippen molar-refractivity contribution < 1.29 is 4.79 Å². The minimum absolute atomic E-state index is 0. The van der Waals surface area contributed by atoms with E-state index >= 15 is 0 Å². The monoisotopic (exact) mass is 268 g/mol. The van der Waals surface area contributed by atoms with E-state index < -0.39 is 0 Å². The van der Waals surface area contributed by atoms with Crippen molar-refractivity contribution >= 4 is 18.3 Å². The van der Waals surface area contributed by atoms with Gasteiger partial charge in [-0.2, -0.15) is 0 Å². The van der Waals surface area contributed by atoms with Crippen LogP contribution in [0, 0.1) is 5.92 Å². The number of hydrogen-bond acceptors (Lipinski definition) is 2. The van der Waals surface area contributed by atoms with Gasteiger partial charge in [0.25, 0.3) is 0 Å². The lowest BCUT2D eigenvalue weighted by molar-refractivity contribution is -0.131. The van der Waals surface area contributed by atoms with Crippen LogP contribution in [0.3, 0.4) is 0 Å². The van der Waals surface area contributed by atoms with Crippen LogP contribution in [0.1, 0.15) is 18.9 Å². The van der Waals surface area contributed by atoms with Crippen molar-refractivity contribution in [3.05, 3.63) is 35.9 Å². The van der Waals surface area contributed by atoms with Crippen LogP contribution >= 0.6 is 12.4 Å². The first-order chi connectivity index (χ1) is 8.16. The molecule has 1 aliphatic rings. The molecule has 1 fully saturated rings. The molecule has 2 rings (SSSR count). The Labute approximate surface area is 115 Å². The molecule has 4 heteroatoms. The van der Waals surface area contributed by atoms with Crippen molar-refractivity contribution in [2.45, 2.75) is 25.8 Å². The zero-order valence-electron chi connectivity index (χ0n) is 10.7. The minimum Gasteiger partial charge on any atom is -0.341 e. The van der Waals surface area contributed by atoms with E-state index in [2.05, 4.69) is 24.3 Å². The quantitative estimate of drug-likeness (QED) is 0.909. The van der Waals surface area contributed by atoms with Crippen molar-refractivity contribution in [2.24, 2.45) is 11.7 Å². The summed E-state index contributed by atoms with van der Waals surface area (Å²) in [5.74, 6) is 0.667. The van der Waals surface area contributed by atoms with Crippen molar-refractivity contribution in [3.8, 4) is 0 Å². The smallest absolute Gasteiger partial charge is 0.239 e. The minimum atomic E-state index is -0.370. The van der Waals surface area contributed by atoms with Crippen molar-refractivity contribution in [1.82, 2.24) is 4.90 Å². The van der Waals surface area contributed by atoms with Gasteiger partial charge in [0, 0.05) is 13.1 Å². The molecule has 1 saturated heterocycles. The molecule has 0 aromatic heterocycles. The summed E-state index contributed by atoms with van der Waals surface area (Å²) in [5.41, 5.74) is 6.98. The third kappa shape index (κ3) is 3.72. The van der Waals surface area contributed by atoms with Crippen LogP contribution in [-0.4, -0.2) is 29.9 Å². The van der Waals surface area contributed by atoms with Gasteiger partial charge in [0.2, 0.25) is 5.91 Å². The van der Waals surface area contributed by atoms with Crippen LogP contribution in [0.5, 0.6) is 0 Å². The summed E-state index contributed by atoms with van der Waals surface area (Å²) in [4.78, 5) is 13.6. The zero-order valence-corrected chi connectivity index (χ0v) is 11.5. The molecule has 1 heterocycles. The van der Waals surface area contributed by atoms with E-state index in [1.165, 1.54) is 5.56 Å². The van der Waals surface area contributed by atoms with Gasteiger partial charge < -0.3 is 10.6 Å². The van der Waals surface area contributed by atoms with Crippen LogP contribution < -0.4 is 5.73 Å². The van der Waals surface area contributed by atoms with Crippen LogP contribution in [0.2, 0.25) is 0 Å². The second-order valence-electron chi connectivity index (χ2n) is 4.92. The number of hydrogen-bond donors (Lipinski definition) is 1. The molecule has 2 N–H and O–H groups in total. The molecule has 1 aliphatic heterocycles. The van der Waals surface area contributed by atoms with Gasteiger partial charge in [-0.05, 0) is 31.2 Å². The van der Waals surface area contributed by atoms with Gasteiger partial charge in [-0.1, -0.05) is 30.3 Å². The third-order valence-electron chi connectivity index (χ3n) is 3.35. The average molecular weight is 269 g/mol. The lowest BCUT2D eigenvalue weighted by atomic mass is 9.99. The fourth-order valence-electron chi connectivity index (χ4n) is 2.43. The van der Waals surface area contributed by atoms with E-state index in [1.54, 1.807) is 6.92 Å². The van der Waals surface area contributed by atoms with E-state index in [4.69, 9.17) is 5.73 Å². The Hall–Kier alpha value is -1.06. The molecule has 0 bridgehead atoms. The molecule has 0 radical (unpaired) electrons. The molecule has 1 amide bonds. The Kier molecular flexibility index (Phi) is 5.63. The Bertz CT molecular complexity index is 381. The average Bonchev–Trinajstić information content (AvgIpc) is 2.77. The SMILES string of the molecule is C[C@H](N)C(=O)N1CCC(Cc2ccccc2)C1.Cl. The highest BCUT2D eigenvalue weighted by molar-refractivity contribution is 5.85. The molecular weight excluding hydrogens is 248 g/mol. The highest BCUT2D eigenvalue weighted by atomic mass is 35.5. The first kappa shape index (κ1) is 15.0. The van der Waals surface area contributed by atoms with Gasteiger partial charge in [0.15, 0.2) is 0 Å². The van der Waals surface area contributed by atoms with Gasteiger partial charge in [-0.3, -0.25) is 4.79 Å². The van der Waals surface area contributed by atoms with Crippen LogP contribution in [0.25, 0.3) is 0 Å². The Morgan fingerprint density at radius 1 is 1.44 bits per heavy atom. The van der Waals surface area contributed by atoms with Crippen LogP contribution in [0.15, 0.2) is 30.3 Å². The van der Waals surface area contributed by atoms with Gasteiger partial charge in [-0.15, -0.1) is 12.4 Å². The topological polar surface area (TPSA) is 46.3 Å². The lowest BCUT2D eigenvalue weighted by Gasteiger charge is -2.18. The summed E-state index contributed by atoms with van der Waals surface area (Å²) >= 11 is 0. The Morgan fingerprint density at radius 3 is 2.72 bits per heavy atom. The first-order valence-corrected chi connectivity index (χ1v) is 6.25. The molecule has 1 aromatic carbocycles. The predicted octanol–water partition coefficient (Wildman–Crippen LogP) is 1.85. The van der Waals surface area contributed by atoms with Crippen LogP contribution in [0.4, 0.5) is 0 Å². The number of nitrogens with zero attached hydrogens (tertiary/aromatic N) is 1. The van der Waals surface area contributed by atoms with E-state index in [0.717, 1.165) is 25.9 Å². The second-order valence-corrected chi connectivity index (χ2v) is 4.92. The van der Waals surface area contributed by atoms with Crippen LogP contribution in [-0.2, 0) is 11.2 Å². The number of carbonyl (C=O) groups is 1. The highest BCUT2D eigenvalue weighted by Crippen LogP contribution is 2.21. The maximum Gasteiger partial charge on any atom is 0.239 e. The fraction of sp³-hybridized carbons (Fsp3) is 0.500. The number of benzene rings is 1. The fourth-order valence-corrected chi connectivity index (χ4v) is 2.43. The number of rotatable bonds is 3. The molecule has 1 aromatic rings. The summed E-state index contributed by atoms with van der Waals surface area (Å²) in [7, 11) is 0. The van der Waals surface area contributed by atoms with E-state index in [-0.39, 0.29) is 24.4 Å². The molecule has 100 valence electrons. The first-order valence-electron chi connectivity index (χ1n) is 6.25. The highest BCUT2D eigenvalue weighted by Gasteiger charge is 2.27. The molecule has 2 atom stereocenters. The molecule has 18 heavy (non-hydrogen) atoms. The predicted molar refractivity (Wildman–Crippen MR) is 75.7 cm³/mol. The molecule has 1 unspecified atom stereocenters. The summed E-state index contributed by atoms with van der Waals surface area (Å²) in [6.45, 7) is 3.47. The maximum absolute atomic E-state index is 11.7. The van der Waals surface area contributed by atoms with Crippen molar-refractivity contribution in [3.63, 3.8) is 0 Å². The largest absolute Gasteiger partial charge is 0.341 e. The zero-order chi connectivity index (χ0) is 12.3. The molecule has 0 aliphatic carbocycles.